The summed E-state index contributed by atoms with van der Waals surface area (Å²) in [6, 6.07) is 10.7. The van der Waals surface area contributed by atoms with E-state index in [9.17, 15) is 0 Å². The fraction of sp³-hybridized carbons (Fsp3) is 0.455. The van der Waals surface area contributed by atoms with Crippen LogP contribution in [0.1, 0.15) is 31.2 Å². The standard InChI is InChI=1S/C22H30N6/c1-3-23-22(28-14-10-19(17-28)20-15-25-26(2)16-20)24-11-6-12-27-13-9-18-7-4-5-8-21(18)27/h4-5,7-9,13,15-16,19H,3,6,10-12,14,17H2,1-2H3,(H,23,24). The monoisotopic (exact) mass is 378 g/mol. The lowest BCUT2D eigenvalue weighted by Gasteiger charge is -2.21. The molecule has 0 aliphatic carbocycles. The molecule has 2 aromatic heterocycles. The lowest BCUT2D eigenvalue weighted by molar-refractivity contribution is 0.485. The Morgan fingerprint density at radius 1 is 1.29 bits per heavy atom. The Morgan fingerprint density at radius 3 is 3.00 bits per heavy atom. The van der Waals surface area contributed by atoms with Gasteiger partial charge in [0.25, 0.3) is 0 Å². The molecule has 1 aromatic carbocycles. The van der Waals surface area contributed by atoms with E-state index in [1.54, 1.807) is 0 Å². The van der Waals surface area contributed by atoms with Crippen LogP contribution in [0.3, 0.4) is 0 Å². The first kappa shape index (κ1) is 18.6. The highest BCUT2D eigenvalue weighted by Crippen LogP contribution is 2.26. The van der Waals surface area contributed by atoms with Crippen molar-refractivity contribution in [1.29, 1.82) is 0 Å². The third-order valence-corrected chi connectivity index (χ3v) is 5.52. The summed E-state index contributed by atoms with van der Waals surface area (Å²) in [4.78, 5) is 7.30. The molecule has 0 bridgehead atoms. The van der Waals surface area contributed by atoms with Crippen LogP contribution in [0, 0.1) is 0 Å². The number of rotatable bonds is 6. The third-order valence-electron chi connectivity index (χ3n) is 5.52. The highest BCUT2D eigenvalue weighted by atomic mass is 15.3. The maximum Gasteiger partial charge on any atom is 0.193 e. The molecule has 1 aliphatic rings. The predicted octanol–water partition coefficient (Wildman–Crippen LogP) is 3.22. The zero-order chi connectivity index (χ0) is 19.3. The highest BCUT2D eigenvalue weighted by Gasteiger charge is 2.26. The molecule has 1 saturated heterocycles. The molecule has 3 heterocycles. The Bertz CT molecular complexity index is 937. The summed E-state index contributed by atoms with van der Waals surface area (Å²) in [6.45, 7) is 6.93. The number of aryl methyl sites for hydroxylation is 2. The van der Waals surface area contributed by atoms with Crippen LogP contribution in [-0.2, 0) is 13.6 Å². The highest BCUT2D eigenvalue weighted by molar-refractivity contribution is 5.80. The molecule has 6 nitrogen and oxygen atoms in total. The van der Waals surface area contributed by atoms with Gasteiger partial charge in [-0.05, 0) is 42.8 Å². The lowest BCUT2D eigenvalue weighted by atomic mass is 10.0. The summed E-state index contributed by atoms with van der Waals surface area (Å²) in [6.07, 6.45) is 8.51. The number of para-hydroxylation sites is 1. The van der Waals surface area contributed by atoms with Gasteiger partial charge in [-0.25, -0.2) is 0 Å². The van der Waals surface area contributed by atoms with Gasteiger partial charge in [-0.3, -0.25) is 9.67 Å². The number of guanidine groups is 1. The lowest BCUT2D eigenvalue weighted by Crippen LogP contribution is -2.40. The Balaban J connectivity index is 1.34. The molecular formula is C22H30N6. The minimum Gasteiger partial charge on any atom is -0.357 e. The molecule has 1 fully saturated rings. The molecule has 0 amide bonds. The van der Waals surface area contributed by atoms with E-state index in [1.165, 1.54) is 16.5 Å². The maximum absolute atomic E-state index is 4.91. The summed E-state index contributed by atoms with van der Waals surface area (Å²) in [7, 11) is 1.98. The SMILES string of the molecule is CCNC(=NCCCn1ccc2ccccc21)N1CCC(c2cnn(C)c2)C1. The van der Waals surface area contributed by atoms with Gasteiger partial charge < -0.3 is 14.8 Å². The van der Waals surface area contributed by atoms with E-state index in [2.05, 4.69) is 69.5 Å². The summed E-state index contributed by atoms with van der Waals surface area (Å²) in [5.41, 5.74) is 2.64. The van der Waals surface area contributed by atoms with E-state index < -0.39 is 0 Å². The van der Waals surface area contributed by atoms with Gasteiger partial charge in [0, 0.05) is 63.6 Å². The molecule has 0 radical (unpaired) electrons. The Hall–Kier alpha value is -2.76. The van der Waals surface area contributed by atoms with E-state index >= 15 is 0 Å². The maximum atomic E-state index is 4.91. The zero-order valence-corrected chi connectivity index (χ0v) is 16.9. The van der Waals surface area contributed by atoms with Gasteiger partial charge in [0.2, 0.25) is 0 Å². The van der Waals surface area contributed by atoms with Crippen LogP contribution in [0.2, 0.25) is 0 Å². The van der Waals surface area contributed by atoms with Crippen molar-refractivity contribution in [3.05, 3.63) is 54.5 Å². The number of aromatic nitrogens is 3. The molecular weight excluding hydrogens is 348 g/mol. The number of hydrogen-bond donors (Lipinski definition) is 1. The predicted molar refractivity (Wildman–Crippen MR) is 115 cm³/mol. The van der Waals surface area contributed by atoms with Gasteiger partial charge in [-0.1, -0.05) is 18.2 Å². The van der Waals surface area contributed by atoms with Crippen LogP contribution in [0.4, 0.5) is 0 Å². The van der Waals surface area contributed by atoms with Crippen LogP contribution >= 0.6 is 0 Å². The van der Waals surface area contributed by atoms with Crippen molar-refractivity contribution in [3.63, 3.8) is 0 Å². The largest absolute Gasteiger partial charge is 0.357 e. The van der Waals surface area contributed by atoms with E-state index in [4.69, 9.17) is 4.99 Å². The first-order chi connectivity index (χ1) is 13.7. The Labute approximate surface area is 166 Å². The first-order valence-electron chi connectivity index (χ1n) is 10.3. The van der Waals surface area contributed by atoms with Crippen molar-refractivity contribution in [3.8, 4) is 0 Å². The van der Waals surface area contributed by atoms with Gasteiger partial charge in [-0.15, -0.1) is 0 Å². The summed E-state index contributed by atoms with van der Waals surface area (Å²) >= 11 is 0. The zero-order valence-electron chi connectivity index (χ0n) is 16.9. The van der Waals surface area contributed by atoms with Crippen LogP contribution in [0.15, 0.2) is 53.9 Å². The van der Waals surface area contributed by atoms with Crippen LogP contribution < -0.4 is 5.32 Å². The second-order valence-corrected chi connectivity index (χ2v) is 7.54. The Morgan fingerprint density at radius 2 is 2.18 bits per heavy atom. The molecule has 1 aliphatic heterocycles. The van der Waals surface area contributed by atoms with Crippen molar-refractivity contribution >= 4 is 16.9 Å². The van der Waals surface area contributed by atoms with Crippen molar-refractivity contribution in [1.82, 2.24) is 24.6 Å². The fourth-order valence-electron chi connectivity index (χ4n) is 4.06. The van der Waals surface area contributed by atoms with E-state index in [0.29, 0.717) is 5.92 Å². The minimum atomic E-state index is 0.545. The summed E-state index contributed by atoms with van der Waals surface area (Å²) < 4.78 is 4.22. The van der Waals surface area contributed by atoms with Crippen molar-refractivity contribution < 1.29 is 0 Å². The van der Waals surface area contributed by atoms with Crippen LogP contribution in [0.25, 0.3) is 10.9 Å². The van der Waals surface area contributed by atoms with E-state index in [-0.39, 0.29) is 0 Å². The molecule has 4 rings (SSSR count). The van der Waals surface area contributed by atoms with Crippen molar-refractivity contribution in [2.45, 2.75) is 32.2 Å². The molecule has 1 unspecified atom stereocenters. The van der Waals surface area contributed by atoms with Crippen molar-refractivity contribution in [2.75, 3.05) is 26.2 Å². The van der Waals surface area contributed by atoms with Gasteiger partial charge in [0.15, 0.2) is 5.96 Å². The number of hydrogen-bond acceptors (Lipinski definition) is 2. The molecule has 1 N–H and O–H groups in total. The second kappa shape index (κ2) is 8.50. The number of nitrogens with one attached hydrogen (secondary N) is 1. The molecule has 6 heteroatoms. The average Bonchev–Trinajstić information content (AvgIpc) is 3.44. The normalized spacial score (nSPS) is 17.6. The molecule has 3 aromatic rings. The first-order valence-corrected chi connectivity index (χ1v) is 10.3. The number of benzene rings is 1. The molecule has 1 atom stereocenters. The quantitative estimate of drug-likeness (QED) is 0.407. The van der Waals surface area contributed by atoms with E-state index in [1.807, 2.05) is 17.9 Å². The number of fused-ring (bicyclic) bond motifs is 1. The van der Waals surface area contributed by atoms with Crippen LogP contribution in [-0.4, -0.2) is 51.4 Å². The summed E-state index contributed by atoms with van der Waals surface area (Å²) in [5.74, 6) is 1.59. The van der Waals surface area contributed by atoms with Gasteiger partial charge in [0.1, 0.15) is 0 Å². The molecule has 0 spiro atoms. The number of nitrogens with zero attached hydrogens (tertiary/aromatic N) is 5. The second-order valence-electron chi connectivity index (χ2n) is 7.54. The number of likely N-dealkylation sites (tertiary alicyclic amines) is 1. The molecule has 28 heavy (non-hydrogen) atoms. The summed E-state index contributed by atoms with van der Waals surface area (Å²) in [5, 5.41) is 9.10. The van der Waals surface area contributed by atoms with Gasteiger partial charge in [-0.2, -0.15) is 5.10 Å². The minimum absolute atomic E-state index is 0.545. The Kier molecular flexibility index (Phi) is 5.65. The van der Waals surface area contributed by atoms with Crippen LogP contribution in [0.5, 0.6) is 0 Å². The van der Waals surface area contributed by atoms with Gasteiger partial charge in [0.05, 0.1) is 6.20 Å². The fourth-order valence-corrected chi connectivity index (χ4v) is 4.06. The topological polar surface area (TPSA) is 50.4 Å². The smallest absolute Gasteiger partial charge is 0.193 e. The van der Waals surface area contributed by atoms with Crippen molar-refractivity contribution in [2.24, 2.45) is 12.0 Å². The third kappa shape index (κ3) is 4.06. The van der Waals surface area contributed by atoms with Gasteiger partial charge >= 0.3 is 0 Å². The molecule has 0 saturated carbocycles. The molecule has 148 valence electrons. The average molecular weight is 379 g/mol. The van der Waals surface area contributed by atoms with E-state index in [0.717, 1.165) is 51.5 Å². The number of aliphatic imine (C=N–C) groups is 1.